The molecule has 0 N–H and O–H groups in total. The molecule has 0 aliphatic carbocycles. The van der Waals surface area contributed by atoms with Crippen LogP contribution in [-0.4, -0.2) is 23.3 Å². The highest BCUT2D eigenvalue weighted by Crippen LogP contribution is 2.28. The minimum Gasteiger partial charge on any atom is -0.465 e. The molecular weight excluding hydrogens is 238 g/mol. The minimum atomic E-state index is -1.24. The number of nitrogens with zero attached hydrogens (tertiary/aromatic N) is 1. The number of para-hydroxylation sites is 1. The molecule has 96 valence electrons. The van der Waals surface area contributed by atoms with Gasteiger partial charge in [0.25, 0.3) is 5.69 Å². The number of esters is 1. The van der Waals surface area contributed by atoms with Crippen LogP contribution in [0.2, 0.25) is 0 Å². The predicted octanol–water partition coefficient (Wildman–Crippen LogP) is 1.83. The van der Waals surface area contributed by atoms with E-state index in [9.17, 15) is 19.7 Å². The Kier molecular flexibility index (Phi) is 4.53. The largest absolute Gasteiger partial charge is 0.465 e. The number of nitro benzene ring substituents is 1. The van der Waals surface area contributed by atoms with E-state index < -0.39 is 22.6 Å². The molecule has 0 saturated heterocycles. The number of ketones is 1. The van der Waals surface area contributed by atoms with E-state index in [-0.39, 0.29) is 17.9 Å². The third kappa shape index (κ3) is 2.91. The Labute approximate surface area is 104 Å². The zero-order valence-electron chi connectivity index (χ0n) is 10.1. The minimum absolute atomic E-state index is 0.0634. The van der Waals surface area contributed by atoms with Gasteiger partial charge in [-0.15, -0.1) is 0 Å². The van der Waals surface area contributed by atoms with Crippen LogP contribution in [0.3, 0.4) is 0 Å². The van der Waals surface area contributed by atoms with Crippen molar-refractivity contribution in [3.63, 3.8) is 0 Å². The molecule has 1 aromatic carbocycles. The van der Waals surface area contributed by atoms with Crippen LogP contribution in [0.4, 0.5) is 5.69 Å². The highest BCUT2D eigenvalue weighted by Gasteiger charge is 2.32. The Bertz CT molecular complexity index is 483. The quantitative estimate of drug-likeness (QED) is 0.345. The van der Waals surface area contributed by atoms with Crippen LogP contribution < -0.4 is 0 Å². The van der Waals surface area contributed by atoms with Gasteiger partial charge in [0.2, 0.25) is 0 Å². The first-order valence-electron chi connectivity index (χ1n) is 5.39. The van der Waals surface area contributed by atoms with Gasteiger partial charge in [-0.05, 0) is 13.8 Å². The van der Waals surface area contributed by atoms with E-state index in [1.54, 1.807) is 6.92 Å². The smallest absolute Gasteiger partial charge is 0.321 e. The lowest BCUT2D eigenvalue weighted by molar-refractivity contribution is -0.385. The molecule has 0 aliphatic rings. The Morgan fingerprint density at radius 1 is 1.39 bits per heavy atom. The number of hydrogen-bond acceptors (Lipinski definition) is 5. The first kappa shape index (κ1) is 13.8. The van der Waals surface area contributed by atoms with Gasteiger partial charge in [-0.3, -0.25) is 19.7 Å². The molecule has 0 aliphatic heterocycles. The fraction of sp³-hybridized carbons (Fsp3) is 0.333. The number of hydrogen-bond donors (Lipinski definition) is 0. The van der Waals surface area contributed by atoms with Crippen molar-refractivity contribution in [1.29, 1.82) is 0 Å². The number of rotatable bonds is 5. The molecule has 0 radical (unpaired) electrons. The van der Waals surface area contributed by atoms with Gasteiger partial charge in [0, 0.05) is 6.07 Å². The van der Waals surface area contributed by atoms with Crippen molar-refractivity contribution in [2.75, 3.05) is 6.61 Å². The van der Waals surface area contributed by atoms with Crippen LogP contribution in [0.1, 0.15) is 25.3 Å². The molecule has 0 aromatic heterocycles. The van der Waals surface area contributed by atoms with Crippen molar-refractivity contribution in [3.8, 4) is 0 Å². The van der Waals surface area contributed by atoms with E-state index in [2.05, 4.69) is 0 Å². The van der Waals surface area contributed by atoms with Crippen LogP contribution in [-0.2, 0) is 14.3 Å². The molecule has 0 fully saturated rings. The van der Waals surface area contributed by atoms with Crippen molar-refractivity contribution in [1.82, 2.24) is 0 Å². The summed E-state index contributed by atoms with van der Waals surface area (Å²) in [4.78, 5) is 33.5. The summed E-state index contributed by atoms with van der Waals surface area (Å²) in [5.74, 6) is -2.49. The SMILES string of the molecule is CCOC(=O)[C@@H](C(C)=O)c1ccccc1[N+](=O)[O-]. The van der Waals surface area contributed by atoms with Crippen molar-refractivity contribution >= 4 is 17.4 Å². The van der Waals surface area contributed by atoms with Crippen molar-refractivity contribution in [2.45, 2.75) is 19.8 Å². The maximum atomic E-state index is 11.7. The molecule has 18 heavy (non-hydrogen) atoms. The van der Waals surface area contributed by atoms with E-state index in [0.717, 1.165) is 0 Å². The van der Waals surface area contributed by atoms with E-state index >= 15 is 0 Å². The third-order valence-electron chi connectivity index (χ3n) is 2.37. The first-order chi connectivity index (χ1) is 8.49. The Morgan fingerprint density at radius 3 is 2.50 bits per heavy atom. The highest BCUT2D eigenvalue weighted by molar-refractivity contribution is 6.04. The summed E-state index contributed by atoms with van der Waals surface area (Å²) in [6.45, 7) is 2.93. The molecule has 6 nitrogen and oxygen atoms in total. The molecule has 0 heterocycles. The predicted molar refractivity (Wildman–Crippen MR) is 63.2 cm³/mol. The van der Waals surface area contributed by atoms with Gasteiger partial charge >= 0.3 is 5.97 Å². The molecular formula is C12H13NO5. The number of Topliss-reactive ketones (excluding diaryl/α,β-unsaturated/α-hetero) is 1. The second kappa shape index (κ2) is 5.90. The average Bonchev–Trinajstić information content (AvgIpc) is 2.29. The summed E-state index contributed by atoms with van der Waals surface area (Å²) in [7, 11) is 0. The van der Waals surface area contributed by atoms with Crippen LogP contribution in [0.25, 0.3) is 0 Å². The molecule has 1 aromatic rings. The van der Waals surface area contributed by atoms with Crippen molar-refractivity contribution in [2.24, 2.45) is 0 Å². The fourth-order valence-corrected chi connectivity index (χ4v) is 1.64. The molecule has 0 spiro atoms. The van der Waals surface area contributed by atoms with Crippen molar-refractivity contribution in [3.05, 3.63) is 39.9 Å². The lowest BCUT2D eigenvalue weighted by Crippen LogP contribution is -2.23. The zero-order chi connectivity index (χ0) is 13.7. The highest BCUT2D eigenvalue weighted by atomic mass is 16.6. The van der Waals surface area contributed by atoms with E-state index in [4.69, 9.17) is 4.74 Å². The summed E-state index contributed by atoms with van der Waals surface area (Å²) in [5, 5.41) is 10.9. The second-order valence-electron chi connectivity index (χ2n) is 3.61. The van der Waals surface area contributed by atoms with Crippen LogP contribution in [0.15, 0.2) is 24.3 Å². The number of benzene rings is 1. The Hall–Kier alpha value is -2.24. The monoisotopic (exact) mass is 251 g/mol. The van der Waals surface area contributed by atoms with Crippen LogP contribution >= 0.6 is 0 Å². The van der Waals surface area contributed by atoms with Gasteiger partial charge in [-0.1, -0.05) is 18.2 Å². The molecule has 1 atom stereocenters. The molecule has 1 rings (SSSR count). The Balaban J connectivity index is 3.26. The molecule has 6 heteroatoms. The number of nitro groups is 1. The molecule has 0 bridgehead atoms. The molecule has 0 saturated carbocycles. The molecule has 0 unspecified atom stereocenters. The lowest BCUT2D eigenvalue weighted by Gasteiger charge is -2.12. The van der Waals surface area contributed by atoms with Crippen LogP contribution in [0, 0.1) is 10.1 Å². The fourth-order valence-electron chi connectivity index (χ4n) is 1.64. The second-order valence-corrected chi connectivity index (χ2v) is 3.61. The summed E-state index contributed by atoms with van der Waals surface area (Å²) < 4.78 is 4.77. The Morgan fingerprint density at radius 2 is 2.00 bits per heavy atom. The summed E-state index contributed by atoms with van der Waals surface area (Å²) in [5.41, 5.74) is -0.195. The normalized spacial score (nSPS) is 11.7. The maximum absolute atomic E-state index is 11.7. The number of ether oxygens (including phenoxy) is 1. The topological polar surface area (TPSA) is 86.5 Å². The van der Waals surface area contributed by atoms with Crippen LogP contribution in [0.5, 0.6) is 0 Å². The number of carbonyl (C=O) groups is 2. The zero-order valence-corrected chi connectivity index (χ0v) is 10.1. The van der Waals surface area contributed by atoms with Crippen molar-refractivity contribution < 1.29 is 19.2 Å². The summed E-state index contributed by atoms with van der Waals surface area (Å²) in [6.07, 6.45) is 0. The van der Waals surface area contributed by atoms with Gasteiger partial charge in [-0.2, -0.15) is 0 Å². The first-order valence-corrected chi connectivity index (χ1v) is 5.39. The van der Waals surface area contributed by atoms with Gasteiger partial charge in [0.1, 0.15) is 11.7 Å². The molecule has 0 amide bonds. The standard InChI is InChI=1S/C12H13NO5/c1-3-18-12(15)11(8(2)14)9-6-4-5-7-10(9)13(16)17/h4-7,11H,3H2,1-2H3/t11-/m0/s1. The lowest BCUT2D eigenvalue weighted by atomic mass is 9.94. The van der Waals surface area contributed by atoms with E-state index in [1.807, 2.05) is 0 Å². The van der Waals surface area contributed by atoms with Gasteiger partial charge in [0.05, 0.1) is 17.1 Å². The maximum Gasteiger partial charge on any atom is 0.321 e. The third-order valence-corrected chi connectivity index (χ3v) is 2.37. The average molecular weight is 251 g/mol. The van der Waals surface area contributed by atoms with Gasteiger partial charge in [-0.25, -0.2) is 0 Å². The van der Waals surface area contributed by atoms with Gasteiger partial charge in [0.15, 0.2) is 0 Å². The van der Waals surface area contributed by atoms with Gasteiger partial charge < -0.3 is 4.74 Å². The number of carbonyl (C=O) groups excluding carboxylic acids is 2. The van der Waals surface area contributed by atoms with E-state index in [0.29, 0.717) is 0 Å². The summed E-state index contributed by atoms with van der Waals surface area (Å²) in [6, 6.07) is 5.66. The van der Waals surface area contributed by atoms with E-state index in [1.165, 1.54) is 31.2 Å². The summed E-state index contributed by atoms with van der Waals surface area (Å²) >= 11 is 0.